The SMILES string of the molecule is COc1cccc(CC(=O)N(C2CCCC2)C2CC2)c1. The van der Waals surface area contributed by atoms with Crippen LogP contribution in [0.1, 0.15) is 44.1 Å². The Bertz CT molecular complexity index is 476. The molecule has 1 amide bonds. The van der Waals surface area contributed by atoms with E-state index >= 15 is 0 Å². The topological polar surface area (TPSA) is 29.5 Å². The lowest BCUT2D eigenvalue weighted by molar-refractivity contribution is -0.133. The Morgan fingerprint density at radius 3 is 2.55 bits per heavy atom. The lowest BCUT2D eigenvalue weighted by Gasteiger charge is -2.29. The molecule has 1 aromatic rings. The largest absolute Gasteiger partial charge is 0.497 e. The predicted molar refractivity (Wildman–Crippen MR) is 78.8 cm³/mol. The van der Waals surface area contributed by atoms with E-state index in [0.29, 0.717) is 24.4 Å². The Kier molecular flexibility index (Phi) is 3.95. The molecule has 0 unspecified atom stereocenters. The van der Waals surface area contributed by atoms with E-state index in [0.717, 1.165) is 11.3 Å². The zero-order valence-corrected chi connectivity index (χ0v) is 12.2. The summed E-state index contributed by atoms with van der Waals surface area (Å²) in [5.41, 5.74) is 1.05. The molecule has 3 heteroatoms. The van der Waals surface area contributed by atoms with Crippen LogP contribution in [-0.2, 0) is 11.2 Å². The molecule has 2 aliphatic carbocycles. The van der Waals surface area contributed by atoms with Gasteiger partial charge in [0.1, 0.15) is 5.75 Å². The van der Waals surface area contributed by atoms with Crippen LogP contribution in [0.2, 0.25) is 0 Å². The lowest BCUT2D eigenvalue weighted by atomic mass is 10.1. The molecule has 0 heterocycles. The van der Waals surface area contributed by atoms with Crippen molar-refractivity contribution in [2.24, 2.45) is 0 Å². The molecule has 0 saturated heterocycles. The molecule has 3 nitrogen and oxygen atoms in total. The normalized spacial score (nSPS) is 19.1. The van der Waals surface area contributed by atoms with Gasteiger partial charge in [-0.1, -0.05) is 25.0 Å². The summed E-state index contributed by atoms with van der Waals surface area (Å²) in [6, 6.07) is 8.89. The highest BCUT2D eigenvalue weighted by Crippen LogP contribution is 2.35. The summed E-state index contributed by atoms with van der Waals surface area (Å²) < 4.78 is 5.23. The lowest BCUT2D eigenvalue weighted by Crippen LogP contribution is -2.41. The van der Waals surface area contributed by atoms with Gasteiger partial charge in [0.05, 0.1) is 13.5 Å². The van der Waals surface area contributed by atoms with Crippen LogP contribution in [0, 0.1) is 0 Å². The van der Waals surface area contributed by atoms with Crippen molar-refractivity contribution in [3.63, 3.8) is 0 Å². The van der Waals surface area contributed by atoms with E-state index < -0.39 is 0 Å². The summed E-state index contributed by atoms with van der Waals surface area (Å²) in [4.78, 5) is 14.9. The first-order chi connectivity index (χ1) is 9.78. The second-order valence-electron chi connectivity index (χ2n) is 6.00. The highest BCUT2D eigenvalue weighted by atomic mass is 16.5. The average molecular weight is 273 g/mol. The van der Waals surface area contributed by atoms with Crippen LogP contribution in [0.25, 0.3) is 0 Å². The molecule has 0 bridgehead atoms. The van der Waals surface area contributed by atoms with Crippen LogP contribution >= 0.6 is 0 Å². The number of rotatable bonds is 5. The molecular weight excluding hydrogens is 250 g/mol. The fourth-order valence-corrected chi connectivity index (χ4v) is 3.29. The molecule has 0 aromatic heterocycles. The van der Waals surface area contributed by atoms with Gasteiger partial charge in [-0.2, -0.15) is 0 Å². The van der Waals surface area contributed by atoms with Gasteiger partial charge in [-0.15, -0.1) is 0 Å². The molecule has 3 rings (SSSR count). The maximum atomic E-state index is 12.7. The highest BCUT2D eigenvalue weighted by Gasteiger charge is 2.37. The smallest absolute Gasteiger partial charge is 0.227 e. The standard InChI is InChI=1S/C17H23NO2/c1-20-16-8-4-5-13(11-16)12-17(19)18(15-9-10-15)14-6-2-3-7-14/h4-5,8,11,14-15H,2-3,6-7,9-10,12H2,1H3. The summed E-state index contributed by atoms with van der Waals surface area (Å²) in [6.45, 7) is 0. The van der Waals surface area contributed by atoms with E-state index in [1.165, 1.54) is 38.5 Å². The van der Waals surface area contributed by atoms with Gasteiger partial charge in [0.2, 0.25) is 5.91 Å². The number of ether oxygens (including phenoxy) is 1. The third-order valence-electron chi connectivity index (χ3n) is 4.44. The average Bonchev–Trinajstić information content (AvgIpc) is 3.13. The first-order valence-corrected chi connectivity index (χ1v) is 7.72. The number of benzene rings is 1. The van der Waals surface area contributed by atoms with Gasteiger partial charge < -0.3 is 9.64 Å². The number of amides is 1. The van der Waals surface area contributed by atoms with Crippen LogP contribution in [0.4, 0.5) is 0 Å². The molecule has 0 radical (unpaired) electrons. The summed E-state index contributed by atoms with van der Waals surface area (Å²) in [5, 5.41) is 0. The number of hydrogen-bond donors (Lipinski definition) is 0. The van der Waals surface area contributed by atoms with Gasteiger partial charge >= 0.3 is 0 Å². The van der Waals surface area contributed by atoms with Crippen molar-refractivity contribution in [3.05, 3.63) is 29.8 Å². The van der Waals surface area contributed by atoms with Crippen molar-refractivity contribution >= 4 is 5.91 Å². The van der Waals surface area contributed by atoms with E-state index in [1.54, 1.807) is 7.11 Å². The van der Waals surface area contributed by atoms with Crippen molar-refractivity contribution in [1.82, 2.24) is 4.90 Å². The fourth-order valence-electron chi connectivity index (χ4n) is 3.29. The van der Waals surface area contributed by atoms with Gasteiger partial charge in [-0.25, -0.2) is 0 Å². The summed E-state index contributed by atoms with van der Waals surface area (Å²) >= 11 is 0. The van der Waals surface area contributed by atoms with Crippen molar-refractivity contribution in [2.75, 3.05) is 7.11 Å². The zero-order chi connectivity index (χ0) is 13.9. The Balaban J connectivity index is 1.69. The Hall–Kier alpha value is -1.51. The second-order valence-corrected chi connectivity index (χ2v) is 6.00. The third kappa shape index (κ3) is 2.97. The molecule has 2 aliphatic rings. The third-order valence-corrected chi connectivity index (χ3v) is 4.44. The van der Waals surface area contributed by atoms with Gasteiger partial charge in [0, 0.05) is 12.1 Å². The summed E-state index contributed by atoms with van der Waals surface area (Å²) in [6.07, 6.45) is 7.84. The molecule has 20 heavy (non-hydrogen) atoms. The first-order valence-electron chi connectivity index (χ1n) is 7.72. The Morgan fingerprint density at radius 1 is 1.20 bits per heavy atom. The number of nitrogens with zero attached hydrogens (tertiary/aromatic N) is 1. The van der Waals surface area contributed by atoms with Gasteiger partial charge in [-0.05, 0) is 43.4 Å². The highest BCUT2D eigenvalue weighted by molar-refractivity contribution is 5.80. The quantitative estimate of drug-likeness (QED) is 0.824. The maximum Gasteiger partial charge on any atom is 0.227 e. The molecule has 0 atom stereocenters. The molecule has 1 aromatic carbocycles. The van der Waals surface area contributed by atoms with Crippen molar-refractivity contribution in [2.45, 2.75) is 57.0 Å². The Labute approximate surface area is 120 Å². The summed E-state index contributed by atoms with van der Waals surface area (Å²) in [7, 11) is 1.66. The van der Waals surface area contributed by atoms with Crippen molar-refractivity contribution < 1.29 is 9.53 Å². The monoisotopic (exact) mass is 273 g/mol. The van der Waals surface area contributed by atoms with E-state index in [2.05, 4.69) is 4.90 Å². The predicted octanol–water partition coefficient (Wildman–Crippen LogP) is 3.17. The van der Waals surface area contributed by atoms with Gasteiger partial charge in [0.15, 0.2) is 0 Å². The molecule has 0 N–H and O–H groups in total. The van der Waals surface area contributed by atoms with Crippen LogP contribution in [-0.4, -0.2) is 30.0 Å². The minimum absolute atomic E-state index is 0.299. The van der Waals surface area contributed by atoms with E-state index in [4.69, 9.17) is 4.74 Å². The van der Waals surface area contributed by atoms with Crippen LogP contribution in [0.5, 0.6) is 5.75 Å². The molecule has 2 saturated carbocycles. The fraction of sp³-hybridized carbons (Fsp3) is 0.588. The number of carbonyl (C=O) groups is 1. The van der Waals surface area contributed by atoms with Gasteiger partial charge in [0.25, 0.3) is 0 Å². The number of methoxy groups -OCH3 is 1. The van der Waals surface area contributed by atoms with Crippen LogP contribution in [0.15, 0.2) is 24.3 Å². The van der Waals surface area contributed by atoms with Crippen LogP contribution < -0.4 is 4.74 Å². The number of carbonyl (C=O) groups excluding carboxylic acids is 1. The second kappa shape index (κ2) is 5.86. The molecule has 108 valence electrons. The summed E-state index contributed by atoms with van der Waals surface area (Å²) in [5.74, 6) is 1.13. The Morgan fingerprint density at radius 2 is 1.90 bits per heavy atom. The van der Waals surface area contributed by atoms with E-state index in [9.17, 15) is 4.79 Å². The molecule has 2 fully saturated rings. The minimum atomic E-state index is 0.299. The van der Waals surface area contributed by atoms with E-state index in [1.807, 2.05) is 24.3 Å². The molecule has 0 spiro atoms. The zero-order valence-electron chi connectivity index (χ0n) is 12.2. The van der Waals surface area contributed by atoms with Crippen LogP contribution in [0.3, 0.4) is 0 Å². The van der Waals surface area contributed by atoms with Crippen molar-refractivity contribution in [1.29, 1.82) is 0 Å². The maximum absolute atomic E-state index is 12.7. The molecule has 0 aliphatic heterocycles. The van der Waals surface area contributed by atoms with Crippen molar-refractivity contribution in [3.8, 4) is 5.75 Å². The first kappa shape index (κ1) is 13.5. The minimum Gasteiger partial charge on any atom is -0.497 e. The van der Waals surface area contributed by atoms with Gasteiger partial charge in [-0.3, -0.25) is 4.79 Å². The molecular formula is C17H23NO2. The number of hydrogen-bond acceptors (Lipinski definition) is 2. The van der Waals surface area contributed by atoms with E-state index in [-0.39, 0.29) is 0 Å².